The third kappa shape index (κ3) is 3.60. The van der Waals surface area contributed by atoms with E-state index < -0.39 is 0 Å². The molecule has 1 aliphatic rings. The van der Waals surface area contributed by atoms with Crippen LogP contribution in [0.25, 0.3) is 5.52 Å². The van der Waals surface area contributed by atoms with Gasteiger partial charge < -0.3 is 10.2 Å². The molecule has 1 saturated heterocycles. The van der Waals surface area contributed by atoms with Gasteiger partial charge in [-0.05, 0) is 54.2 Å². The monoisotopic (exact) mass is 365 g/mol. The first-order chi connectivity index (χ1) is 10.6. The SMILES string of the molecule is CC(C)C[C@@H](CN1CCCC1)Nc1nccn2ncc(Br)c12. The molecule has 0 aliphatic carbocycles. The van der Waals surface area contributed by atoms with Gasteiger partial charge in [-0.25, -0.2) is 9.50 Å². The molecule has 0 unspecified atom stereocenters. The molecule has 1 fully saturated rings. The molecule has 0 bridgehead atoms. The molecule has 2 aromatic rings. The van der Waals surface area contributed by atoms with Crippen LogP contribution in [0, 0.1) is 5.92 Å². The van der Waals surface area contributed by atoms with Crippen LogP contribution in [0.5, 0.6) is 0 Å². The maximum absolute atomic E-state index is 4.54. The first kappa shape index (κ1) is 15.7. The minimum atomic E-state index is 0.415. The Morgan fingerprint density at radius 3 is 2.82 bits per heavy atom. The number of rotatable bonds is 6. The van der Waals surface area contributed by atoms with Gasteiger partial charge >= 0.3 is 0 Å². The smallest absolute Gasteiger partial charge is 0.153 e. The Labute approximate surface area is 140 Å². The molecule has 22 heavy (non-hydrogen) atoms. The summed E-state index contributed by atoms with van der Waals surface area (Å²) in [6, 6.07) is 0.415. The van der Waals surface area contributed by atoms with Crippen molar-refractivity contribution in [1.82, 2.24) is 19.5 Å². The molecule has 0 saturated carbocycles. The number of likely N-dealkylation sites (tertiary alicyclic amines) is 1. The Bertz CT molecular complexity index is 618. The van der Waals surface area contributed by atoms with Crippen molar-refractivity contribution in [3.8, 4) is 0 Å². The quantitative estimate of drug-likeness (QED) is 0.851. The van der Waals surface area contributed by atoms with E-state index in [0.29, 0.717) is 12.0 Å². The minimum Gasteiger partial charge on any atom is -0.364 e. The second kappa shape index (κ2) is 6.96. The molecule has 1 N–H and O–H groups in total. The predicted molar refractivity (Wildman–Crippen MR) is 93.2 cm³/mol. The topological polar surface area (TPSA) is 45.5 Å². The molecule has 0 amide bonds. The molecule has 2 aromatic heterocycles. The van der Waals surface area contributed by atoms with Gasteiger partial charge in [0.15, 0.2) is 5.82 Å². The highest BCUT2D eigenvalue weighted by atomic mass is 79.9. The molecule has 120 valence electrons. The van der Waals surface area contributed by atoms with Gasteiger partial charge in [0, 0.05) is 25.0 Å². The van der Waals surface area contributed by atoms with Gasteiger partial charge in [-0.15, -0.1) is 0 Å². The van der Waals surface area contributed by atoms with Crippen LogP contribution in [-0.2, 0) is 0 Å². The standard InChI is InChI=1S/C16H24BrN5/c1-12(2)9-13(11-21-6-3-4-7-21)20-16-15-14(17)10-19-22(15)8-5-18-16/h5,8,10,12-13H,3-4,6-7,9,11H2,1-2H3,(H,18,20)/t13-/m0/s1. The third-order valence-corrected chi connectivity index (χ3v) is 4.74. The van der Waals surface area contributed by atoms with Crippen molar-refractivity contribution in [2.45, 2.75) is 39.2 Å². The first-order valence-electron chi connectivity index (χ1n) is 8.10. The average molecular weight is 366 g/mol. The molecular weight excluding hydrogens is 342 g/mol. The lowest BCUT2D eigenvalue weighted by Gasteiger charge is -2.26. The summed E-state index contributed by atoms with van der Waals surface area (Å²) in [6.07, 6.45) is 9.30. The highest BCUT2D eigenvalue weighted by molar-refractivity contribution is 9.10. The zero-order valence-corrected chi connectivity index (χ0v) is 14.9. The van der Waals surface area contributed by atoms with Crippen LogP contribution in [-0.4, -0.2) is 45.2 Å². The van der Waals surface area contributed by atoms with Gasteiger partial charge in [-0.2, -0.15) is 5.10 Å². The highest BCUT2D eigenvalue weighted by Crippen LogP contribution is 2.25. The van der Waals surface area contributed by atoms with E-state index in [-0.39, 0.29) is 0 Å². The number of fused-ring (bicyclic) bond motifs is 1. The van der Waals surface area contributed by atoms with Crippen LogP contribution in [0.4, 0.5) is 5.82 Å². The Balaban J connectivity index is 1.79. The van der Waals surface area contributed by atoms with E-state index in [4.69, 9.17) is 0 Å². The van der Waals surface area contributed by atoms with E-state index in [1.807, 2.05) is 16.9 Å². The molecule has 3 rings (SSSR count). The molecule has 1 aliphatic heterocycles. The zero-order valence-electron chi connectivity index (χ0n) is 13.3. The van der Waals surface area contributed by atoms with Crippen LogP contribution in [0.1, 0.15) is 33.1 Å². The number of hydrogen-bond donors (Lipinski definition) is 1. The van der Waals surface area contributed by atoms with E-state index in [1.54, 1.807) is 6.20 Å². The third-order valence-electron chi connectivity index (χ3n) is 4.16. The summed E-state index contributed by atoms with van der Waals surface area (Å²) in [5.74, 6) is 1.57. The van der Waals surface area contributed by atoms with Crippen molar-refractivity contribution in [3.63, 3.8) is 0 Å². The summed E-state index contributed by atoms with van der Waals surface area (Å²) in [4.78, 5) is 7.10. The Morgan fingerprint density at radius 2 is 2.09 bits per heavy atom. The first-order valence-corrected chi connectivity index (χ1v) is 8.89. The molecule has 6 heteroatoms. The Kier molecular flexibility index (Phi) is 4.98. The largest absolute Gasteiger partial charge is 0.364 e. The second-order valence-electron chi connectivity index (χ2n) is 6.54. The zero-order chi connectivity index (χ0) is 15.5. The van der Waals surface area contributed by atoms with E-state index in [9.17, 15) is 0 Å². The number of anilines is 1. The molecule has 3 heterocycles. The minimum absolute atomic E-state index is 0.415. The fourth-order valence-corrected chi connectivity index (χ4v) is 3.69. The lowest BCUT2D eigenvalue weighted by atomic mass is 10.0. The molecule has 0 radical (unpaired) electrons. The predicted octanol–water partition coefficient (Wildman–Crippen LogP) is 3.41. The number of halogens is 1. The van der Waals surface area contributed by atoms with E-state index in [1.165, 1.54) is 25.9 Å². The summed E-state index contributed by atoms with van der Waals surface area (Å²) in [5, 5.41) is 7.99. The Morgan fingerprint density at radius 1 is 1.32 bits per heavy atom. The summed E-state index contributed by atoms with van der Waals surface area (Å²) in [5.41, 5.74) is 1.01. The lowest BCUT2D eigenvalue weighted by molar-refractivity contribution is 0.305. The van der Waals surface area contributed by atoms with E-state index >= 15 is 0 Å². The highest BCUT2D eigenvalue weighted by Gasteiger charge is 2.20. The molecule has 5 nitrogen and oxygen atoms in total. The fourth-order valence-electron chi connectivity index (χ4n) is 3.23. The van der Waals surface area contributed by atoms with Crippen molar-refractivity contribution < 1.29 is 0 Å². The summed E-state index contributed by atoms with van der Waals surface area (Å²) in [7, 11) is 0. The molecular formula is C16H24BrN5. The maximum atomic E-state index is 4.54. The number of hydrogen-bond acceptors (Lipinski definition) is 4. The molecule has 0 aromatic carbocycles. The van der Waals surface area contributed by atoms with Crippen LogP contribution in [0.2, 0.25) is 0 Å². The molecule has 0 spiro atoms. The van der Waals surface area contributed by atoms with Gasteiger partial charge in [0.1, 0.15) is 5.52 Å². The van der Waals surface area contributed by atoms with Crippen LogP contribution < -0.4 is 5.32 Å². The molecule has 1 atom stereocenters. The number of nitrogens with zero attached hydrogens (tertiary/aromatic N) is 4. The summed E-state index contributed by atoms with van der Waals surface area (Å²) >= 11 is 3.57. The fraction of sp³-hybridized carbons (Fsp3) is 0.625. The van der Waals surface area contributed by atoms with Crippen LogP contribution in [0.15, 0.2) is 23.1 Å². The van der Waals surface area contributed by atoms with Gasteiger partial charge in [0.2, 0.25) is 0 Å². The van der Waals surface area contributed by atoms with Gasteiger partial charge in [-0.3, -0.25) is 0 Å². The van der Waals surface area contributed by atoms with Crippen molar-refractivity contribution in [1.29, 1.82) is 0 Å². The lowest BCUT2D eigenvalue weighted by Crippen LogP contribution is -2.36. The van der Waals surface area contributed by atoms with E-state index in [2.05, 4.69) is 50.1 Å². The normalized spacial score (nSPS) is 17.5. The number of aromatic nitrogens is 3. The number of nitrogens with one attached hydrogen (secondary N) is 1. The maximum Gasteiger partial charge on any atom is 0.153 e. The average Bonchev–Trinajstić information content (AvgIpc) is 3.09. The van der Waals surface area contributed by atoms with Gasteiger partial charge in [0.25, 0.3) is 0 Å². The van der Waals surface area contributed by atoms with Crippen molar-refractivity contribution >= 4 is 27.3 Å². The van der Waals surface area contributed by atoms with Crippen molar-refractivity contribution in [2.75, 3.05) is 25.0 Å². The Hall–Kier alpha value is -1.14. The van der Waals surface area contributed by atoms with Gasteiger partial charge in [0.05, 0.1) is 10.7 Å². The van der Waals surface area contributed by atoms with Crippen molar-refractivity contribution in [2.24, 2.45) is 5.92 Å². The second-order valence-corrected chi connectivity index (χ2v) is 7.39. The summed E-state index contributed by atoms with van der Waals surface area (Å²) < 4.78 is 2.84. The summed E-state index contributed by atoms with van der Waals surface area (Å²) in [6.45, 7) is 8.10. The van der Waals surface area contributed by atoms with Crippen molar-refractivity contribution in [3.05, 3.63) is 23.1 Å². The van der Waals surface area contributed by atoms with Crippen LogP contribution in [0.3, 0.4) is 0 Å². The van der Waals surface area contributed by atoms with Crippen LogP contribution >= 0.6 is 15.9 Å². The van der Waals surface area contributed by atoms with Gasteiger partial charge in [-0.1, -0.05) is 13.8 Å². The van der Waals surface area contributed by atoms with E-state index in [0.717, 1.165) is 28.8 Å².